The first kappa shape index (κ1) is 16.6. The van der Waals surface area contributed by atoms with Crippen molar-refractivity contribution in [3.63, 3.8) is 0 Å². The van der Waals surface area contributed by atoms with E-state index in [0.29, 0.717) is 24.4 Å². The van der Waals surface area contributed by atoms with Crippen LogP contribution in [0.25, 0.3) is 0 Å². The number of carbonyl (C=O) groups is 1. The molecule has 0 atom stereocenters. The maximum atomic E-state index is 12.6. The fraction of sp³-hybridized carbons (Fsp3) is 0.375. The lowest BCUT2D eigenvalue weighted by Crippen LogP contribution is -2.31. The van der Waals surface area contributed by atoms with Crippen molar-refractivity contribution in [2.24, 2.45) is 7.05 Å². The van der Waals surface area contributed by atoms with Gasteiger partial charge in [-0.2, -0.15) is 0 Å². The molecule has 5 nitrogen and oxygen atoms in total. The molecule has 22 heavy (non-hydrogen) atoms. The van der Waals surface area contributed by atoms with Crippen LogP contribution in [0, 0.1) is 0 Å². The van der Waals surface area contributed by atoms with E-state index in [-0.39, 0.29) is 12.5 Å². The Morgan fingerprint density at radius 2 is 2.09 bits per heavy atom. The van der Waals surface area contributed by atoms with Crippen LogP contribution in [0.1, 0.15) is 23.1 Å². The Kier molecular flexibility index (Phi) is 6.03. The molecule has 1 N–H and O–H groups in total. The molecule has 1 heterocycles. The lowest BCUT2D eigenvalue weighted by molar-refractivity contribution is 0.0747. The van der Waals surface area contributed by atoms with E-state index < -0.39 is 0 Å². The lowest BCUT2D eigenvalue weighted by Gasteiger charge is -2.20. The van der Waals surface area contributed by atoms with Gasteiger partial charge in [-0.3, -0.25) is 4.79 Å². The predicted molar refractivity (Wildman–Crippen MR) is 87.9 cm³/mol. The smallest absolute Gasteiger partial charge is 0.254 e. The Balaban J connectivity index is 2.06. The molecule has 0 unspecified atom stereocenters. The highest BCUT2D eigenvalue weighted by Crippen LogP contribution is 2.19. The van der Waals surface area contributed by atoms with Crippen molar-refractivity contribution >= 4 is 17.7 Å². The molecule has 118 valence electrons. The van der Waals surface area contributed by atoms with E-state index in [1.807, 2.05) is 49.0 Å². The number of hydrogen-bond acceptors (Lipinski definition) is 4. The summed E-state index contributed by atoms with van der Waals surface area (Å²) in [6, 6.07) is 7.51. The maximum absolute atomic E-state index is 12.6. The highest BCUT2D eigenvalue weighted by atomic mass is 32.2. The molecule has 1 aromatic heterocycles. The van der Waals surface area contributed by atoms with E-state index in [9.17, 15) is 4.79 Å². The molecule has 2 aromatic rings. The number of hydrogen-bond donors (Lipinski definition) is 1. The van der Waals surface area contributed by atoms with Crippen LogP contribution in [0.4, 0.5) is 0 Å². The number of benzene rings is 1. The summed E-state index contributed by atoms with van der Waals surface area (Å²) in [6.07, 6.45) is 3.61. The number of rotatable bonds is 7. The summed E-state index contributed by atoms with van der Waals surface area (Å²) in [5.41, 5.74) is 0.671. The van der Waals surface area contributed by atoms with E-state index in [4.69, 9.17) is 5.11 Å². The van der Waals surface area contributed by atoms with Crippen LogP contribution in [0.15, 0.2) is 41.6 Å². The molecular formula is C16H21N3O2S. The van der Waals surface area contributed by atoms with Gasteiger partial charge in [0.25, 0.3) is 5.91 Å². The van der Waals surface area contributed by atoms with Gasteiger partial charge < -0.3 is 14.6 Å². The van der Waals surface area contributed by atoms with Crippen molar-refractivity contribution in [1.82, 2.24) is 14.5 Å². The second kappa shape index (κ2) is 8.00. The third-order valence-electron chi connectivity index (χ3n) is 3.38. The van der Waals surface area contributed by atoms with Crippen LogP contribution in [-0.2, 0) is 13.6 Å². The van der Waals surface area contributed by atoms with Gasteiger partial charge in [0, 0.05) is 42.2 Å². The molecule has 0 aliphatic rings. The third-order valence-corrected chi connectivity index (χ3v) is 4.38. The average Bonchev–Trinajstić information content (AvgIpc) is 2.95. The monoisotopic (exact) mass is 319 g/mol. The number of thioether (sulfide) groups is 1. The molecule has 6 heteroatoms. The third kappa shape index (κ3) is 4.11. The van der Waals surface area contributed by atoms with Crippen LogP contribution in [0.3, 0.4) is 0 Å². The van der Waals surface area contributed by atoms with Gasteiger partial charge in [0.1, 0.15) is 5.82 Å². The number of aryl methyl sites for hydroxylation is 1. The Labute approximate surface area is 135 Å². The predicted octanol–water partition coefficient (Wildman–Crippen LogP) is 2.17. The summed E-state index contributed by atoms with van der Waals surface area (Å²) in [7, 11) is 1.92. The van der Waals surface area contributed by atoms with E-state index in [1.165, 1.54) is 0 Å². The van der Waals surface area contributed by atoms with Crippen molar-refractivity contribution < 1.29 is 9.90 Å². The van der Waals surface area contributed by atoms with Gasteiger partial charge in [-0.1, -0.05) is 0 Å². The lowest BCUT2D eigenvalue weighted by atomic mass is 10.2. The number of carbonyl (C=O) groups excluding carboxylic acids is 1. The minimum atomic E-state index is 0.00390. The first-order valence-electron chi connectivity index (χ1n) is 7.25. The zero-order valence-corrected chi connectivity index (χ0v) is 13.7. The van der Waals surface area contributed by atoms with Crippen LogP contribution >= 0.6 is 11.8 Å². The summed E-state index contributed by atoms with van der Waals surface area (Å²) in [5.74, 6) is 1.53. The van der Waals surface area contributed by atoms with Gasteiger partial charge >= 0.3 is 0 Å². The minimum Gasteiger partial charge on any atom is -0.396 e. The Morgan fingerprint density at radius 1 is 1.36 bits per heavy atom. The number of aromatic nitrogens is 2. The topological polar surface area (TPSA) is 58.4 Å². The zero-order chi connectivity index (χ0) is 15.9. The molecule has 0 saturated carbocycles. The van der Waals surface area contributed by atoms with Crippen molar-refractivity contribution in [1.29, 1.82) is 0 Å². The second-order valence-corrected chi connectivity index (χ2v) is 6.04. The molecule has 0 fully saturated rings. The zero-order valence-electron chi connectivity index (χ0n) is 12.9. The van der Waals surface area contributed by atoms with Crippen LogP contribution in [0.5, 0.6) is 0 Å². The quantitative estimate of drug-likeness (QED) is 0.795. The molecular weight excluding hydrogens is 298 g/mol. The van der Waals surface area contributed by atoms with E-state index >= 15 is 0 Å². The fourth-order valence-corrected chi connectivity index (χ4v) is 2.74. The molecule has 0 saturated heterocycles. The molecule has 1 amide bonds. The summed E-state index contributed by atoms with van der Waals surface area (Å²) in [6.45, 7) is 3.25. The Hall–Kier alpha value is -1.79. The van der Waals surface area contributed by atoms with E-state index in [0.717, 1.165) is 10.7 Å². The molecule has 2 rings (SSSR count). The number of imidazole rings is 1. The first-order chi connectivity index (χ1) is 10.7. The molecule has 1 aromatic carbocycles. The van der Waals surface area contributed by atoms with Crippen molar-refractivity contribution in [3.05, 3.63) is 48.0 Å². The molecule has 0 aliphatic heterocycles. The average molecular weight is 319 g/mol. The Morgan fingerprint density at radius 3 is 2.64 bits per heavy atom. The SMILES string of the molecule is CCN(Cc1nccn1C)C(=O)c1ccc(SCCO)cc1. The number of amides is 1. The fourth-order valence-electron chi connectivity index (χ4n) is 2.09. The highest BCUT2D eigenvalue weighted by Gasteiger charge is 2.16. The molecule has 0 aliphatic carbocycles. The summed E-state index contributed by atoms with van der Waals surface area (Å²) in [4.78, 5) is 19.7. The largest absolute Gasteiger partial charge is 0.396 e. The maximum Gasteiger partial charge on any atom is 0.254 e. The van der Waals surface area contributed by atoms with Gasteiger partial charge in [-0.25, -0.2) is 4.98 Å². The molecule has 0 radical (unpaired) electrons. The highest BCUT2D eigenvalue weighted by molar-refractivity contribution is 7.99. The van der Waals surface area contributed by atoms with Crippen LogP contribution in [0.2, 0.25) is 0 Å². The van der Waals surface area contributed by atoms with E-state index in [2.05, 4.69) is 4.98 Å². The number of aliphatic hydroxyl groups excluding tert-OH is 1. The van der Waals surface area contributed by atoms with Gasteiger partial charge in [0.15, 0.2) is 0 Å². The summed E-state index contributed by atoms with van der Waals surface area (Å²) >= 11 is 1.57. The normalized spacial score (nSPS) is 10.7. The van der Waals surface area contributed by atoms with Gasteiger partial charge in [0.2, 0.25) is 0 Å². The summed E-state index contributed by atoms with van der Waals surface area (Å²) in [5, 5.41) is 8.83. The summed E-state index contributed by atoms with van der Waals surface area (Å²) < 4.78 is 1.92. The number of aliphatic hydroxyl groups is 1. The van der Waals surface area contributed by atoms with E-state index in [1.54, 1.807) is 22.9 Å². The Bertz CT molecular complexity index is 610. The minimum absolute atomic E-state index is 0.00390. The molecule has 0 bridgehead atoms. The van der Waals surface area contributed by atoms with Crippen LogP contribution in [-0.4, -0.2) is 44.4 Å². The van der Waals surface area contributed by atoms with Crippen molar-refractivity contribution in [3.8, 4) is 0 Å². The number of nitrogens with zero attached hydrogens (tertiary/aromatic N) is 3. The standard InChI is InChI=1S/C16H21N3O2S/c1-3-19(12-15-17-8-9-18(15)2)16(21)13-4-6-14(7-5-13)22-11-10-20/h4-9,20H,3,10-12H2,1-2H3. The van der Waals surface area contributed by atoms with Gasteiger partial charge in [0.05, 0.1) is 13.2 Å². The van der Waals surface area contributed by atoms with Crippen LogP contribution < -0.4 is 0 Å². The van der Waals surface area contributed by atoms with Gasteiger partial charge in [-0.15, -0.1) is 11.8 Å². The molecule has 0 spiro atoms. The van der Waals surface area contributed by atoms with Crippen molar-refractivity contribution in [2.45, 2.75) is 18.4 Å². The van der Waals surface area contributed by atoms with Gasteiger partial charge in [-0.05, 0) is 31.2 Å². The second-order valence-electron chi connectivity index (χ2n) is 4.87. The first-order valence-corrected chi connectivity index (χ1v) is 8.23. The van der Waals surface area contributed by atoms with Crippen molar-refractivity contribution in [2.75, 3.05) is 18.9 Å².